The number of H-pyrrole nitrogens is 1. The van der Waals surface area contributed by atoms with Gasteiger partial charge in [0.15, 0.2) is 0 Å². The molecule has 0 atom stereocenters. The van der Waals surface area contributed by atoms with Crippen LogP contribution < -0.4 is 0 Å². The van der Waals surface area contributed by atoms with Gasteiger partial charge in [0.25, 0.3) is 0 Å². The molecular weight excluding hydrogens is 254 g/mol. The quantitative estimate of drug-likeness (QED) is 0.794. The monoisotopic (exact) mass is 267 g/mol. The molecule has 0 unspecified atom stereocenters. The van der Waals surface area contributed by atoms with Gasteiger partial charge in [-0.15, -0.1) is 5.10 Å². The molecule has 0 spiro atoms. The molecule has 96 valence electrons. The van der Waals surface area contributed by atoms with Crippen LogP contribution in [0.4, 0.5) is 0 Å². The molecule has 0 bridgehead atoms. The molecule has 0 saturated heterocycles. The van der Waals surface area contributed by atoms with Crippen LogP contribution in [0, 0.1) is 0 Å². The van der Waals surface area contributed by atoms with Gasteiger partial charge in [0, 0.05) is 0 Å². The van der Waals surface area contributed by atoms with E-state index in [9.17, 15) is 8.42 Å². The molecule has 1 heterocycles. The van der Waals surface area contributed by atoms with Gasteiger partial charge < -0.3 is 0 Å². The highest BCUT2D eigenvalue weighted by Gasteiger charge is 2.19. The van der Waals surface area contributed by atoms with Crippen molar-refractivity contribution < 1.29 is 13.0 Å². The van der Waals surface area contributed by atoms with Crippen molar-refractivity contribution in [2.75, 3.05) is 0 Å². The molecular formula is C11H13N3O3S. The predicted molar refractivity (Wildman–Crippen MR) is 64.7 cm³/mol. The number of hydrogen-bond acceptors (Lipinski definition) is 4. The summed E-state index contributed by atoms with van der Waals surface area (Å²) in [6, 6.07) is 9.86. The molecule has 7 heteroatoms. The Morgan fingerprint density at radius 1 is 1.11 bits per heavy atom. The zero-order chi connectivity index (χ0) is 13.0. The number of rotatable bonds is 5. The molecule has 0 aliphatic carbocycles. The third kappa shape index (κ3) is 3.14. The summed E-state index contributed by atoms with van der Waals surface area (Å²) in [6.07, 6.45) is 2.00. The summed E-state index contributed by atoms with van der Waals surface area (Å²) in [5, 5.41) is 9.01. The summed E-state index contributed by atoms with van der Waals surface area (Å²) in [5.41, 5.74) is 1.45. The van der Waals surface area contributed by atoms with Gasteiger partial charge in [-0.2, -0.15) is 18.7 Å². The highest BCUT2D eigenvalue weighted by molar-refractivity contribution is 7.85. The van der Waals surface area contributed by atoms with Gasteiger partial charge in [-0.3, -0.25) is 4.55 Å². The fraction of sp³-hybridized carbons (Fsp3) is 0.273. The number of aromatic nitrogens is 3. The fourth-order valence-corrected chi connectivity index (χ4v) is 2.32. The molecule has 0 fully saturated rings. The SMILES string of the molecule is O=S(=O)(O)c1n[nH]nc1CCCc1ccccc1. The molecule has 6 nitrogen and oxygen atoms in total. The number of benzene rings is 1. The molecule has 2 aromatic rings. The molecule has 1 aromatic carbocycles. The van der Waals surface area contributed by atoms with Crippen molar-refractivity contribution in [3.05, 3.63) is 41.6 Å². The highest BCUT2D eigenvalue weighted by atomic mass is 32.2. The average Bonchev–Trinajstić information content (AvgIpc) is 2.78. The van der Waals surface area contributed by atoms with Crippen LogP contribution in [-0.4, -0.2) is 28.4 Å². The minimum atomic E-state index is -4.29. The molecule has 0 aliphatic heterocycles. The predicted octanol–water partition coefficient (Wildman–Crippen LogP) is 1.23. The van der Waals surface area contributed by atoms with Crippen LogP contribution in [0.25, 0.3) is 0 Å². The maximum atomic E-state index is 11.0. The summed E-state index contributed by atoms with van der Waals surface area (Å²) >= 11 is 0. The van der Waals surface area contributed by atoms with E-state index in [2.05, 4.69) is 15.4 Å². The van der Waals surface area contributed by atoms with Crippen LogP contribution in [-0.2, 0) is 23.0 Å². The fourth-order valence-electron chi connectivity index (χ4n) is 1.72. The van der Waals surface area contributed by atoms with Gasteiger partial charge in [-0.25, -0.2) is 0 Å². The van der Waals surface area contributed by atoms with E-state index in [1.54, 1.807) is 0 Å². The highest BCUT2D eigenvalue weighted by Crippen LogP contribution is 2.12. The van der Waals surface area contributed by atoms with Crippen LogP contribution in [0.1, 0.15) is 17.7 Å². The molecule has 0 saturated carbocycles. The third-order valence-corrected chi connectivity index (χ3v) is 3.37. The van der Waals surface area contributed by atoms with Crippen molar-refractivity contribution in [3.63, 3.8) is 0 Å². The number of hydrogen-bond donors (Lipinski definition) is 2. The lowest BCUT2D eigenvalue weighted by atomic mass is 10.1. The minimum absolute atomic E-state index is 0.272. The van der Waals surface area contributed by atoms with E-state index in [0.29, 0.717) is 6.42 Å². The lowest BCUT2D eigenvalue weighted by Crippen LogP contribution is -2.03. The van der Waals surface area contributed by atoms with Gasteiger partial charge in [-0.1, -0.05) is 30.3 Å². The first kappa shape index (κ1) is 12.7. The van der Waals surface area contributed by atoms with Crippen molar-refractivity contribution >= 4 is 10.1 Å². The topological polar surface area (TPSA) is 95.9 Å². The van der Waals surface area contributed by atoms with Crippen molar-refractivity contribution in [2.45, 2.75) is 24.3 Å². The Morgan fingerprint density at radius 2 is 1.83 bits per heavy atom. The first-order valence-electron chi connectivity index (χ1n) is 5.48. The van der Waals surface area contributed by atoms with Crippen LogP contribution in [0.5, 0.6) is 0 Å². The van der Waals surface area contributed by atoms with E-state index < -0.39 is 10.1 Å². The van der Waals surface area contributed by atoms with E-state index in [1.807, 2.05) is 30.3 Å². The maximum Gasteiger partial charge on any atom is 0.315 e. The Balaban J connectivity index is 1.98. The number of nitrogens with zero attached hydrogens (tertiary/aromatic N) is 2. The van der Waals surface area contributed by atoms with E-state index in [-0.39, 0.29) is 10.7 Å². The standard InChI is InChI=1S/C11H13N3O3S/c15-18(16,17)11-10(12-14-13-11)8-4-7-9-5-2-1-3-6-9/h1-3,5-6H,4,7-8H2,(H,12,13,14)(H,15,16,17). The van der Waals surface area contributed by atoms with Gasteiger partial charge >= 0.3 is 10.1 Å². The number of nitrogens with one attached hydrogen (secondary N) is 1. The van der Waals surface area contributed by atoms with Gasteiger partial charge in [0.1, 0.15) is 5.69 Å². The molecule has 18 heavy (non-hydrogen) atoms. The van der Waals surface area contributed by atoms with Crippen molar-refractivity contribution in [3.8, 4) is 0 Å². The van der Waals surface area contributed by atoms with Crippen molar-refractivity contribution in [1.82, 2.24) is 15.4 Å². The van der Waals surface area contributed by atoms with Gasteiger partial charge in [-0.05, 0) is 24.8 Å². The second-order valence-electron chi connectivity index (χ2n) is 3.89. The zero-order valence-corrected chi connectivity index (χ0v) is 10.4. The summed E-state index contributed by atoms with van der Waals surface area (Å²) in [5.74, 6) is 0. The summed E-state index contributed by atoms with van der Waals surface area (Å²) in [6.45, 7) is 0. The Morgan fingerprint density at radius 3 is 2.50 bits per heavy atom. The van der Waals surface area contributed by atoms with E-state index in [1.165, 1.54) is 5.56 Å². The molecule has 2 N–H and O–H groups in total. The first-order valence-corrected chi connectivity index (χ1v) is 6.92. The number of aromatic amines is 1. The van der Waals surface area contributed by atoms with Crippen LogP contribution >= 0.6 is 0 Å². The van der Waals surface area contributed by atoms with Crippen molar-refractivity contribution in [2.24, 2.45) is 0 Å². The molecule has 2 rings (SSSR count). The van der Waals surface area contributed by atoms with E-state index >= 15 is 0 Å². The van der Waals surface area contributed by atoms with Crippen LogP contribution in [0.3, 0.4) is 0 Å². The lowest BCUT2D eigenvalue weighted by molar-refractivity contribution is 0.477. The minimum Gasteiger partial charge on any atom is -0.281 e. The molecule has 0 amide bonds. The van der Waals surface area contributed by atoms with Gasteiger partial charge in [0.05, 0.1) is 0 Å². The van der Waals surface area contributed by atoms with Crippen LogP contribution in [0.2, 0.25) is 0 Å². The van der Waals surface area contributed by atoms with Crippen molar-refractivity contribution in [1.29, 1.82) is 0 Å². The largest absolute Gasteiger partial charge is 0.315 e. The summed E-state index contributed by atoms with van der Waals surface area (Å²) in [7, 11) is -4.29. The second kappa shape index (κ2) is 5.28. The average molecular weight is 267 g/mol. The molecule has 1 aromatic heterocycles. The van der Waals surface area contributed by atoms with E-state index in [0.717, 1.165) is 12.8 Å². The summed E-state index contributed by atoms with van der Waals surface area (Å²) in [4.78, 5) is 0. The normalized spacial score (nSPS) is 11.6. The Labute approximate surface area is 105 Å². The Kier molecular flexibility index (Phi) is 3.73. The van der Waals surface area contributed by atoms with E-state index in [4.69, 9.17) is 4.55 Å². The lowest BCUT2D eigenvalue weighted by Gasteiger charge is -2.00. The molecule has 0 aliphatic rings. The third-order valence-electron chi connectivity index (χ3n) is 2.55. The first-order chi connectivity index (χ1) is 8.57. The second-order valence-corrected chi connectivity index (χ2v) is 5.23. The smallest absolute Gasteiger partial charge is 0.281 e. The Hall–Kier alpha value is -1.73. The van der Waals surface area contributed by atoms with Crippen LogP contribution in [0.15, 0.2) is 35.4 Å². The maximum absolute atomic E-state index is 11.0. The Bertz CT molecular complexity index is 607. The number of aryl methyl sites for hydroxylation is 2. The van der Waals surface area contributed by atoms with Gasteiger partial charge in [0.2, 0.25) is 5.03 Å². The summed E-state index contributed by atoms with van der Waals surface area (Å²) < 4.78 is 30.9. The molecule has 0 radical (unpaired) electrons. The zero-order valence-electron chi connectivity index (χ0n) is 9.57.